The number of nitrogens with two attached hydrogens (primary N) is 1. The summed E-state index contributed by atoms with van der Waals surface area (Å²) in [5, 5.41) is 14.8. The third kappa shape index (κ3) is 2.24. The second-order valence-electron chi connectivity index (χ2n) is 4.33. The van der Waals surface area contributed by atoms with Crippen molar-refractivity contribution in [1.29, 1.82) is 0 Å². The summed E-state index contributed by atoms with van der Waals surface area (Å²) in [6.45, 7) is 2.77. The van der Waals surface area contributed by atoms with Crippen LogP contribution in [0.1, 0.15) is 43.1 Å². The molecule has 5 nitrogen and oxygen atoms in total. The maximum absolute atomic E-state index is 11.4. The van der Waals surface area contributed by atoms with E-state index in [-0.39, 0.29) is 12.0 Å². The van der Waals surface area contributed by atoms with Crippen molar-refractivity contribution in [2.24, 2.45) is 0 Å². The summed E-state index contributed by atoms with van der Waals surface area (Å²) in [5.74, 6) is 0.0426. The predicted molar refractivity (Wildman–Crippen MR) is 61.6 cm³/mol. The van der Waals surface area contributed by atoms with Gasteiger partial charge < -0.3 is 10.5 Å². The smallest absolute Gasteiger partial charge is 0.390 e. The lowest BCUT2D eigenvalue weighted by atomic mass is 10.1. The van der Waals surface area contributed by atoms with Gasteiger partial charge in [-0.25, -0.2) is 4.73 Å². The van der Waals surface area contributed by atoms with E-state index < -0.39 is 0 Å². The number of nitrogen functional groups attached to an aromatic ring is 1. The van der Waals surface area contributed by atoms with Crippen LogP contribution in [0.3, 0.4) is 0 Å². The van der Waals surface area contributed by atoms with Gasteiger partial charge in [0.05, 0.1) is 11.7 Å². The van der Waals surface area contributed by atoms with Crippen molar-refractivity contribution in [3.8, 4) is 0 Å². The van der Waals surface area contributed by atoms with Crippen molar-refractivity contribution in [2.45, 2.75) is 38.6 Å². The first-order chi connectivity index (χ1) is 7.68. The van der Waals surface area contributed by atoms with Gasteiger partial charge in [-0.2, -0.15) is 0 Å². The lowest BCUT2D eigenvalue weighted by Crippen LogP contribution is -2.36. The van der Waals surface area contributed by atoms with E-state index >= 15 is 0 Å². The fourth-order valence-corrected chi connectivity index (χ4v) is 2.12. The Labute approximate surface area is 95.3 Å². The molecule has 1 saturated heterocycles. The number of hydrogen-bond donors (Lipinski definition) is 2. The molecule has 0 aliphatic carbocycles. The zero-order chi connectivity index (χ0) is 11.5. The van der Waals surface area contributed by atoms with E-state index in [2.05, 4.69) is 10.3 Å². The van der Waals surface area contributed by atoms with Crippen LogP contribution in [0.5, 0.6) is 0 Å². The van der Waals surface area contributed by atoms with Gasteiger partial charge in [0.1, 0.15) is 5.69 Å². The SMILES string of the molecule is Cc1cc(C2CCCCCN2)nc(N)[n+]1[O-]. The second-order valence-corrected chi connectivity index (χ2v) is 4.33. The maximum atomic E-state index is 11.4. The molecule has 0 aromatic carbocycles. The number of anilines is 1. The van der Waals surface area contributed by atoms with Gasteiger partial charge in [0.15, 0.2) is 0 Å². The van der Waals surface area contributed by atoms with E-state index in [1.165, 1.54) is 19.3 Å². The fourth-order valence-electron chi connectivity index (χ4n) is 2.12. The number of hydrogen-bond acceptors (Lipinski definition) is 4. The molecule has 16 heavy (non-hydrogen) atoms. The molecule has 88 valence electrons. The molecule has 0 spiro atoms. The van der Waals surface area contributed by atoms with Crippen molar-refractivity contribution >= 4 is 5.95 Å². The highest BCUT2D eigenvalue weighted by molar-refractivity contribution is 5.17. The summed E-state index contributed by atoms with van der Waals surface area (Å²) in [6.07, 6.45) is 4.73. The zero-order valence-electron chi connectivity index (χ0n) is 9.57. The minimum Gasteiger partial charge on any atom is -0.740 e. The van der Waals surface area contributed by atoms with Crippen LogP contribution in [0.25, 0.3) is 0 Å². The van der Waals surface area contributed by atoms with E-state index in [4.69, 9.17) is 5.73 Å². The average Bonchev–Trinajstić information content (AvgIpc) is 2.53. The van der Waals surface area contributed by atoms with Crippen LogP contribution >= 0.6 is 0 Å². The van der Waals surface area contributed by atoms with Crippen LogP contribution in [0.15, 0.2) is 6.07 Å². The summed E-state index contributed by atoms with van der Waals surface area (Å²) in [4.78, 5) is 4.16. The molecular weight excluding hydrogens is 204 g/mol. The van der Waals surface area contributed by atoms with Gasteiger partial charge in [0.2, 0.25) is 0 Å². The van der Waals surface area contributed by atoms with Crippen LogP contribution < -0.4 is 15.8 Å². The molecule has 1 aromatic rings. The summed E-state index contributed by atoms with van der Waals surface area (Å²) >= 11 is 0. The monoisotopic (exact) mass is 222 g/mol. The van der Waals surface area contributed by atoms with Gasteiger partial charge in [0.25, 0.3) is 0 Å². The van der Waals surface area contributed by atoms with Gasteiger partial charge in [-0.15, -0.1) is 0 Å². The Balaban J connectivity index is 2.25. The molecule has 3 N–H and O–H groups in total. The van der Waals surface area contributed by atoms with Crippen molar-refractivity contribution in [3.05, 3.63) is 22.7 Å². The molecule has 0 amide bonds. The quantitative estimate of drug-likeness (QED) is 0.544. The minimum absolute atomic E-state index is 0.0426. The largest absolute Gasteiger partial charge is 0.740 e. The Morgan fingerprint density at radius 3 is 3.06 bits per heavy atom. The number of nitrogens with one attached hydrogen (secondary N) is 1. The topological polar surface area (TPSA) is 77.9 Å². The van der Waals surface area contributed by atoms with E-state index in [1.807, 2.05) is 6.07 Å². The molecule has 0 radical (unpaired) electrons. The molecule has 1 unspecified atom stereocenters. The van der Waals surface area contributed by atoms with Crippen LogP contribution in [0, 0.1) is 12.1 Å². The number of nitrogens with zero attached hydrogens (tertiary/aromatic N) is 2. The molecule has 0 saturated carbocycles. The predicted octanol–water partition coefficient (Wildman–Crippen LogP) is 0.810. The molecular formula is C11H18N4O. The van der Waals surface area contributed by atoms with Crippen molar-refractivity contribution in [3.63, 3.8) is 0 Å². The van der Waals surface area contributed by atoms with Crippen LogP contribution in [-0.2, 0) is 0 Å². The summed E-state index contributed by atoms with van der Waals surface area (Å²) in [5.41, 5.74) is 7.08. The first-order valence-electron chi connectivity index (χ1n) is 5.78. The average molecular weight is 222 g/mol. The third-order valence-corrected chi connectivity index (χ3v) is 3.05. The molecule has 1 fully saturated rings. The molecule has 0 bridgehead atoms. The van der Waals surface area contributed by atoms with Crippen LogP contribution in [0.2, 0.25) is 0 Å². The Morgan fingerprint density at radius 2 is 2.31 bits per heavy atom. The van der Waals surface area contributed by atoms with E-state index in [0.29, 0.717) is 10.4 Å². The summed E-state index contributed by atoms with van der Waals surface area (Å²) in [6, 6.07) is 2.07. The Kier molecular flexibility index (Phi) is 3.24. The highest BCUT2D eigenvalue weighted by Crippen LogP contribution is 2.21. The van der Waals surface area contributed by atoms with Gasteiger partial charge >= 0.3 is 5.95 Å². The van der Waals surface area contributed by atoms with E-state index in [9.17, 15) is 5.21 Å². The van der Waals surface area contributed by atoms with Gasteiger partial charge in [-0.3, -0.25) is 5.73 Å². The number of aryl methyl sites for hydroxylation is 1. The lowest BCUT2D eigenvalue weighted by molar-refractivity contribution is -0.599. The van der Waals surface area contributed by atoms with Crippen LogP contribution in [0.4, 0.5) is 5.95 Å². The molecule has 5 heteroatoms. The molecule has 1 atom stereocenters. The first-order valence-corrected chi connectivity index (χ1v) is 5.78. The second kappa shape index (κ2) is 4.65. The molecule has 2 rings (SSSR count). The first kappa shape index (κ1) is 11.1. The van der Waals surface area contributed by atoms with Gasteiger partial charge in [-0.05, 0) is 26.3 Å². The van der Waals surface area contributed by atoms with Crippen molar-refractivity contribution < 1.29 is 4.73 Å². The van der Waals surface area contributed by atoms with E-state index in [0.717, 1.165) is 18.7 Å². The fraction of sp³-hybridized carbons (Fsp3) is 0.636. The Bertz CT molecular complexity index is 349. The molecule has 1 aliphatic rings. The molecule has 1 aromatic heterocycles. The molecule has 2 heterocycles. The van der Waals surface area contributed by atoms with Crippen molar-refractivity contribution in [1.82, 2.24) is 10.3 Å². The van der Waals surface area contributed by atoms with Crippen LogP contribution in [-0.4, -0.2) is 11.5 Å². The highest BCUT2D eigenvalue weighted by atomic mass is 16.5. The van der Waals surface area contributed by atoms with Gasteiger partial charge in [-0.1, -0.05) is 17.8 Å². The molecule has 1 aliphatic heterocycles. The summed E-state index contributed by atoms with van der Waals surface area (Å²) < 4.78 is 0.667. The maximum Gasteiger partial charge on any atom is 0.390 e. The summed E-state index contributed by atoms with van der Waals surface area (Å²) in [7, 11) is 0. The highest BCUT2D eigenvalue weighted by Gasteiger charge is 2.19. The third-order valence-electron chi connectivity index (χ3n) is 3.05. The van der Waals surface area contributed by atoms with Crippen molar-refractivity contribution in [2.75, 3.05) is 12.3 Å². The number of aromatic nitrogens is 2. The number of rotatable bonds is 1. The zero-order valence-corrected chi connectivity index (χ0v) is 9.57. The van der Waals surface area contributed by atoms with Gasteiger partial charge in [0, 0.05) is 6.07 Å². The Morgan fingerprint density at radius 1 is 1.50 bits per heavy atom. The minimum atomic E-state index is 0.0426. The van der Waals surface area contributed by atoms with E-state index in [1.54, 1.807) is 6.92 Å². The lowest BCUT2D eigenvalue weighted by Gasteiger charge is -2.15. The standard InChI is InChI=1S/C11H18N4O/c1-8-7-10(14-11(12)15(8)16)9-5-3-2-4-6-13-9/h7,9,13H,2-6H2,1H3,(H2,12,14). The Hall–Kier alpha value is -1.36. The normalized spacial score (nSPS) is 21.7.